The first kappa shape index (κ1) is 22.1. The third kappa shape index (κ3) is 5.56. The molecule has 4 aromatic carbocycles. The molecule has 0 N–H and O–H groups in total. The number of benzene rings is 4. The third-order valence-corrected chi connectivity index (χ3v) is 6.39. The molecule has 162 valence electrons. The van der Waals surface area contributed by atoms with Gasteiger partial charge in [-0.2, -0.15) is 0 Å². The van der Waals surface area contributed by atoms with Crippen LogP contribution in [-0.4, -0.2) is 0 Å². The second-order valence-electron chi connectivity index (χ2n) is 8.81. The minimum Gasteiger partial charge on any atom is -0.103 e. The number of hydrogen-bond acceptors (Lipinski definition) is 0. The van der Waals surface area contributed by atoms with Gasteiger partial charge in [0.15, 0.2) is 0 Å². The van der Waals surface area contributed by atoms with E-state index in [1.807, 2.05) is 6.08 Å². The van der Waals surface area contributed by atoms with E-state index >= 15 is 0 Å². The molecule has 0 spiro atoms. The van der Waals surface area contributed by atoms with Crippen LogP contribution in [0, 0.1) is 0 Å². The number of aryl methyl sites for hydroxylation is 4. The Hall–Kier alpha value is -3.12. The van der Waals surface area contributed by atoms with Crippen LogP contribution >= 0.6 is 0 Å². The molecule has 0 atom stereocenters. The first-order chi connectivity index (χ1) is 15.8. The van der Waals surface area contributed by atoms with Crippen LogP contribution in [0.5, 0.6) is 0 Å². The molecule has 0 fully saturated rings. The summed E-state index contributed by atoms with van der Waals surface area (Å²) in [5.74, 6) is 0. The Bertz CT molecular complexity index is 1150. The average Bonchev–Trinajstić information content (AvgIpc) is 2.85. The summed E-state index contributed by atoms with van der Waals surface area (Å²) in [6, 6.07) is 31.9. The van der Waals surface area contributed by atoms with Gasteiger partial charge in [-0.3, -0.25) is 0 Å². The molecule has 0 radical (unpaired) electrons. The molecular formula is C32H34. The van der Waals surface area contributed by atoms with Crippen molar-refractivity contribution in [2.24, 2.45) is 0 Å². The van der Waals surface area contributed by atoms with Crippen molar-refractivity contribution in [3.05, 3.63) is 120 Å². The summed E-state index contributed by atoms with van der Waals surface area (Å²) in [6.07, 6.45) is 9.96. The van der Waals surface area contributed by atoms with E-state index < -0.39 is 0 Å². The second-order valence-corrected chi connectivity index (χ2v) is 8.81. The largest absolute Gasteiger partial charge is 0.103 e. The van der Waals surface area contributed by atoms with E-state index in [2.05, 4.69) is 98.4 Å². The Labute approximate surface area is 193 Å². The summed E-state index contributed by atoms with van der Waals surface area (Å²) < 4.78 is 0. The zero-order chi connectivity index (χ0) is 22.2. The predicted molar refractivity (Wildman–Crippen MR) is 140 cm³/mol. The Morgan fingerprint density at radius 3 is 2.00 bits per heavy atom. The van der Waals surface area contributed by atoms with Gasteiger partial charge in [-0.1, -0.05) is 104 Å². The molecule has 4 rings (SSSR count). The van der Waals surface area contributed by atoms with Crippen molar-refractivity contribution in [3.63, 3.8) is 0 Å². The van der Waals surface area contributed by atoms with Crippen LogP contribution in [0.2, 0.25) is 0 Å². The van der Waals surface area contributed by atoms with Crippen LogP contribution in [0.1, 0.15) is 48.4 Å². The van der Waals surface area contributed by atoms with Crippen LogP contribution in [0.4, 0.5) is 0 Å². The van der Waals surface area contributed by atoms with E-state index in [0.717, 1.165) is 25.7 Å². The van der Waals surface area contributed by atoms with Gasteiger partial charge in [0.2, 0.25) is 0 Å². The number of unbranched alkanes of at least 4 members (excludes halogenated alkanes) is 1. The van der Waals surface area contributed by atoms with Gasteiger partial charge in [0.1, 0.15) is 0 Å². The maximum atomic E-state index is 3.83. The smallest absolute Gasteiger partial charge is 0.0105 e. The molecule has 0 heterocycles. The summed E-state index contributed by atoms with van der Waals surface area (Å²) in [6.45, 7) is 6.08. The molecule has 0 aliphatic rings. The molecule has 0 aromatic heterocycles. The topological polar surface area (TPSA) is 0 Å². The highest BCUT2D eigenvalue weighted by molar-refractivity contribution is 5.97. The van der Waals surface area contributed by atoms with Gasteiger partial charge in [-0.15, -0.1) is 6.58 Å². The summed E-state index contributed by atoms with van der Waals surface area (Å²) in [5.41, 5.74) is 8.26. The molecule has 0 amide bonds. The molecule has 0 aliphatic carbocycles. The quantitative estimate of drug-likeness (QED) is 0.226. The first-order valence-electron chi connectivity index (χ1n) is 12.1. The fourth-order valence-corrected chi connectivity index (χ4v) is 4.40. The zero-order valence-corrected chi connectivity index (χ0v) is 19.3. The van der Waals surface area contributed by atoms with Crippen molar-refractivity contribution in [3.8, 4) is 11.1 Å². The molecule has 0 unspecified atom stereocenters. The van der Waals surface area contributed by atoms with E-state index in [9.17, 15) is 0 Å². The fourth-order valence-electron chi connectivity index (χ4n) is 4.40. The predicted octanol–water partition coefficient (Wildman–Crippen LogP) is 8.75. The van der Waals surface area contributed by atoms with Gasteiger partial charge in [-0.05, 0) is 82.7 Å². The maximum Gasteiger partial charge on any atom is -0.0105 e. The van der Waals surface area contributed by atoms with Gasteiger partial charge in [-0.25, -0.2) is 0 Å². The van der Waals surface area contributed by atoms with Gasteiger partial charge < -0.3 is 0 Å². The number of allylic oxidation sites excluding steroid dienone is 1. The molecule has 0 bridgehead atoms. The average molecular weight is 419 g/mol. The number of rotatable bonds is 10. The first-order valence-corrected chi connectivity index (χ1v) is 12.1. The van der Waals surface area contributed by atoms with E-state index in [0.29, 0.717) is 0 Å². The Balaban J connectivity index is 1.47. The Morgan fingerprint density at radius 2 is 1.28 bits per heavy atom. The minimum atomic E-state index is 1.03. The summed E-state index contributed by atoms with van der Waals surface area (Å²) in [4.78, 5) is 0. The third-order valence-electron chi connectivity index (χ3n) is 6.39. The lowest BCUT2D eigenvalue weighted by Crippen LogP contribution is -1.93. The van der Waals surface area contributed by atoms with E-state index in [4.69, 9.17) is 0 Å². The van der Waals surface area contributed by atoms with E-state index in [-0.39, 0.29) is 0 Å². The van der Waals surface area contributed by atoms with Crippen molar-refractivity contribution < 1.29 is 0 Å². The molecule has 4 aromatic rings. The van der Waals surface area contributed by atoms with Crippen molar-refractivity contribution in [2.45, 2.75) is 51.9 Å². The fraction of sp³-hybridized carbons (Fsp3) is 0.250. The minimum absolute atomic E-state index is 1.03. The van der Waals surface area contributed by atoms with Crippen molar-refractivity contribution >= 4 is 10.8 Å². The SMILES string of the molecule is C=CCCc1ccc(-c2cccc3cc(CCc4ccc(CCCC)cc4)ccc23)cc1. The van der Waals surface area contributed by atoms with Gasteiger partial charge in [0.05, 0.1) is 0 Å². The highest BCUT2D eigenvalue weighted by Gasteiger charge is 2.06. The monoisotopic (exact) mass is 418 g/mol. The highest BCUT2D eigenvalue weighted by Crippen LogP contribution is 2.30. The normalized spacial score (nSPS) is 11.0. The number of fused-ring (bicyclic) bond motifs is 1. The van der Waals surface area contributed by atoms with Crippen LogP contribution in [0.3, 0.4) is 0 Å². The lowest BCUT2D eigenvalue weighted by molar-refractivity contribution is 0.794. The van der Waals surface area contributed by atoms with Crippen LogP contribution < -0.4 is 0 Å². The molecule has 0 saturated heterocycles. The lowest BCUT2D eigenvalue weighted by atomic mass is 9.94. The van der Waals surface area contributed by atoms with Crippen LogP contribution in [0.25, 0.3) is 21.9 Å². The highest BCUT2D eigenvalue weighted by atomic mass is 14.1. The lowest BCUT2D eigenvalue weighted by Gasteiger charge is -2.10. The summed E-state index contributed by atoms with van der Waals surface area (Å²) in [5, 5.41) is 2.65. The number of hydrogen-bond donors (Lipinski definition) is 0. The molecule has 0 nitrogen and oxygen atoms in total. The van der Waals surface area contributed by atoms with Gasteiger partial charge >= 0.3 is 0 Å². The van der Waals surface area contributed by atoms with Crippen molar-refractivity contribution in [1.82, 2.24) is 0 Å². The van der Waals surface area contributed by atoms with Crippen LogP contribution in [0.15, 0.2) is 97.6 Å². The van der Waals surface area contributed by atoms with Crippen molar-refractivity contribution in [2.75, 3.05) is 0 Å². The second kappa shape index (κ2) is 11.0. The summed E-state index contributed by atoms with van der Waals surface area (Å²) >= 11 is 0. The molecular weight excluding hydrogens is 384 g/mol. The van der Waals surface area contributed by atoms with Gasteiger partial charge in [0.25, 0.3) is 0 Å². The molecule has 0 aliphatic heterocycles. The zero-order valence-electron chi connectivity index (χ0n) is 19.3. The molecule has 0 saturated carbocycles. The van der Waals surface area contributed by atoms with Crippen molar-refractivity contribution in [1.29, 1.82) is 0 Å². The summed E-state index contributed by atoms with van der Waals surface area (Å²) in [7, 11) is 0. The standard InChI is InChI=1S/C32H34/c1-3-5-8-25-12-14-27(15-13-25)16-17-28-20-23-32-30(24-28)10-7-11-31(32)29-21-18-26(19-22-29)9-6-4-2/h4,7,10-15,18-24H,2-3,5-6,8-9,16-17H2,1H3. The van der Waals surface area contributed by atoms with E-state index in [1.54, 1.807) is 0 Å². The molecule has 32 heavy (non-hydrogen) atoms. The van der Waals surface area contributed by atoms with E-state index in [1.165, 1.54) is 63.4 Å². The Kier molecular flexibility index (Phi) is 7.56. The van der Waals surface area contributed by atoms with Crippen LogP contribution in [-0.2, 0) is 25.7 Å². The van der Waals surface area contributed by atoms with Gasteiger partial charge in [0, 0.05) is 0 Å². The maximum absolute atomic E-state index is 3.83. The molecule has 0 heteroatoms. The Morgan fingerprint density at radius 1 is 0.656 bits per heavy atom.